The fourth-order valence-corrected chi connectivity index (χ4v) is 3.35. The predicted molar refractivity (Wildman–Crippen MR) is 132 cm³/mol. The van der Waals surface area contributed by atoms with E-state index >= 15 is 0 Å². The summed E-state index contributed by atoms with van der Waals surface area (Å²) in [6, 6.07) is 5.49. The summed E-state index contributed by atoms with van der Waals surface area (Å²) in [6.45, 7) is 11.6. The molecular formula is C24H37N3O4S. The molecule has 32 heavy (non-hydrogen) atoms. The molecule has 0 fully saturated rings. The van der Waals surface area contributed by atoms with E-state index in [1.807, 2.05) is 18.2 Å². The number of benzene rings is 1. The Kier molecular flexibility index (Phi) is 11.3. The summed E-state index contributed by atoms with van der Waals surface area (Å²) in [4.78, 5) is 39.9. The lowest BCUT2D eigenvalue weighted by Crippen LogP contribution is -2.52. The third kappa shape index (κ3) is 8.94. The molecule has 0 aliphatic carbocycles. The Morgan fingerprint density at radius 2 is 1.94 bits per heavy atom. The van der Waals surface area contributed by atoms with Gasteiger partial charge in [-0.1, -0.05) is 50.6 Å². The highest BCUT2D eigenvalue weighted by Gasteiger charge is 2.33. The molecular weight excluding hydrogens is 426 g/mol. The molecule has 0 radical (unpaired) electrons. The lowest BCUT2D eigenvalue weighted by atomic mass is 10.0. The molecule has 178 valence electrons. The van der Waals surface area contributed by atoms with Crippen LogP contribution in [-0.2, 0) is 14.3 Å². The van der Waals surface area contributed by atoms with Gasteiger partial charge in [0.1, 0.15) is 17.7 Å². The topological polar surface area (TPSA) is 87.7 Å². The van der Waals surface area contributed by atoms with Crippen LogP contribution in [0.1, 0.15) is 64.1 Å². The van der Waals surface area contributed by atoms with Crippen molar-refractivity contribution in [1.82, 2.24) is 15.5 Å². The van der Waals surface area contributed by atoms with E-state index in [-0.39, 0.29) is 11.7 Å². The van der Waals surface area contributed by atoms with Crippen molar-refractivity contribution in [2.24, 2.45) is 0 Å². The second-order valence-corrected chi connectivity index (χ2v) is 8.97. The number of carbonyl (C=O) groups is 3. The van der Waals surface area contributed by atoms with Gasteiger partial charge < -0.3 is 20.3 Å². The number of rotatable bonds is 11. The summed E-state index contributed by atoms with van der Waals surface area (Å²) < 4.78 is 5.25. The predicted octanol–water partition coefficient (Wildman–Crippen LogP) is 3.96. The van der Waals surface area contributed by atoms with Gasteiger partial charge >= 0.3 is 6.09 Å². The molecule has 0 spiro atoms. The summed E-state index contributed by atoms with van der Waals surface area (Å²) in [5.74, 6) is -0.670. The van der Waals surface area contributed by atoms with E-state index in [4.69, 9.17) is 4.74 Å². The van der Waals surface area contributed by atoms with Crippen LogP contribution in [0, 0.1) is 0 Å². The van der Waals surface area contributed by atoms with Crippen molar-refractivity contribution in [3.8, 4) is 0 Å². The molecule has 3 amide bonds. The van der Waals surface area contributed by atoms with Crippen molar-refractivity contribution < 1.29 is 19.1 Å². The molecule has 0 saturated carbocycles. The van der Waals surface area contributed by atoms with Crippen molar-refractivity contribution >= 4 is 36.6 Å². The number of unbranched alkanes of at least 4 members (excludes halogenated alkanes) is 2. The first kappa shape index (κ1) is 27.6. The van der Waals surface area contributed by atoms with Gasteiger partial charge in [0.05, 0.1) is 0 Å². The van der Waals surface area contributed by atoms with E-state index in [9.17, 15) is 14.4 Å². The highest BCUT2D eigenvalue weighted by Crippen LogP contribution is 2.23. The monoisotopic (exact) mass is 463 g/mol. The number of hydrogen-bond donors (Lipinski definition) is 3. The molecule has 1 aromatic carbocycles. The van der Waals surface area contributed by atoms with Crippen molar-refractivity contribution in [3.05, 3.63) is 42.0 Å². The summed E-state index contributed by atoms with van der Waals surface area (Å²) in [7, 11) is 1.55. The number of amides is 3. The first-order valence-electron chi connectivity index (χ1n) is 10.9. The second-order valence-electron chi connectivity index (χ2n) is 8.61. The third-order valence-electron chi connectivity index (χ3n) is 4.70. The summed E-state index contributed by atoms with van der Waals surface area (Å²) in [6.07, 6.45) is 3.88. The van der Waals surface area contributed by atoms with E-state index < -0.39 is 29.7 Å². The van der Waals surface area contributed by atoms with E-state index in [0.29, 0.717) is 12.1 Å². The average molecular weight is 464 g/mol. The van der Waals surface area contributed by atoms with Gasteiger partial charge in [-0.15, -0.1) is 0 Å². The summed E-state index contributed by atoms with van der Waals surface area (Å²) >= 11 is 4.22. The summed E-state index contributed by atoms with van der Waals surface area (Å²) in [5.41, 5.74) is 0.790. The van der Waals surface area contributed by atoms with Crippen LogP contribution < -0.4 is 10.6 Å². The number of ether oxygens (including phenoxy) is 1. The summed E-state index contributed by atoms with van der Waals surface area (Å²) in [5, 5.41) is 5.48. The Morgan fingerprint density at radius 1 is 1.25 bits per heavy atom. The van der Waals surface area contributed by atoms with Gasteiger partial charge in [-0.05, 0) is 44.4 Å². The highest BCUT2D eigenvalue weighted by atomic mass is 32.1. The van der Waals surface area contributed by atoms with E-state index in [1.165, 1.54) is 4.90 Å². The van der Waals surface area contributed by atoms with Crippen molar-refractivity contribution in [2.75, 3.05) is 19.3 Å². The minimum Gasteiger partial charge on any atom is -0.444 e. The molecule has 8 heteroatoms. The average Bonchev–Trinajstić information content (AvgIpc) is 2.73. The van der Waals surface area contributed by atoms with Gasteiger partial charge in [0, 0.05) is 19.3 Å². The Morgan fingerprint density at radius 3 is 2.50 bits per heavy atom. The number of alkyl carbamates (subject to hydrolysis) is 1. The van der Waals surface area contributed by atoms with Crippen LogP contribution in [0.2, 0.25) is 0 Å². The van der Waals surface area contributed by atoms with Gasteiger partial charge in [0.25, 0.3) is 0 Å². The zero-order chi connectivity index (χ0) is 24.3. The molecule has 1 rings (SSSR count). The van der Waals surface area contributed by atoms with Crippen LogP contribution in [0.4, 0.5) is 4.79 Å². The smallest absolute Gasteiger partial charge is 0.408 e. The minimum atomic E-state index is -0.948. The van der Waals surface area contributed by atoms with Crippen LogP contribution in [0.15, 0.2) is 30.8 Å². The zero-order valence-corrected chi connectivity index (χ0v) is 20.7. The molecule has 1 aromatic rings. The second kappa shape index (κ2) is 13.2. The minimum absolute atomic E-state index is 0.0555. The lowest BCUT2D eigenvalue weighted by Gasteiger charge is -2.31. The first-order valence-corrected chi connectivity index (χ1v) is 11.5. The maximum absolute atomic E-state index is 13.2. The number of thiol groups is 1. The Bertz CT molecular complexity index is 792. The number of nitrogens with zero attached hydrogens (tertiary/aromatic N) is 1. The largest absolute Gasteiger partial charge is 0.444 e. The molecule has 2 atom stereocenters. The van der Waals surface area contributed by atoms with Gasteiger partial charge in [0.15, 0.2) is 0 Å². The molecule has 0 bridgehead atoms. The molecule has 0 aliphatic rings. The van der Waals surface area contributed by atoms with Crippen molar-refractivity contribution in [2.45, 2.75) is 64.6 Å². The van der Waals surface area contributed by atoms with E-state index in [2.05, 4.69) is 36.8 Å². The van der Waals surface area contributed by atoms with Crippen LogP contribution in [-0.4, -0.2) is 53.8 Å². The maximum Gasteiger partial charge on any atom is 0.408 e. The van der Waals surface area contributed by atoms with Crippen LogP contribution in [0.3, 0.4) is 0 Å². The van der Waals surface area contributed by atoms with E-state index in [1.54, 1.807) is 40.0 Å². The zero-order valence-electron chi connectivity index (χ0n) is 19.8. The van der Waals surface area contributed by atoms with E-state index in [0.717, 1.165) is 24.8 Å². The number of hydrogen-bond acceptors (Lipinski definition) is 5. The van der Waals surface area contributed by atoms with Crippen molar-refractivity contribution in [3.63, 3.8) is 0 Å². The third-order valence-corrected chi connectivity index (χ3v) is 5.06. The SMILES string of the molecule is C=Cc1cccc(C(C(=O)NCCCCC)N(C)C(=O)C(CS)NC(=O)OC(C)(C)C)c1. The molecule has 0 aliphatic heterocycles. The molecule has 0 aromatic heterocycles. The first-order chi connectivity index (χ1) is 15.0. The molecule has 0 heterocycles. The molecule has 0 saturated heterocycles. The number of likely N-dealkylation sites (N-methyl/N-ethyl adjacent to an activating group) is 1. The normalized spacial score (nSPS) is 12.9. The highest BCUT2D eigenvalue weighted by molar-refractivity contribution is 7.80. The lowest BCUT2D eigenvalue weighted by molar-refractivity contribution is -0.140. The van der Waals surface area contributed by atoms with Crippen LogP contribution in [0.25, 0.3) is 6.08 Å². The Balaban J connectivity index is 3.12. The molecule has 2 unspecified atom stereocenters. The van der Waals surface area contributed by atoms with Crippen LogP contribution >= 0.6 is 12.6 Å². The Labute approximate surface area is 197 Å². The number of nitrogens with one attached hydrogen (secondary N) is 2. The molecule has 2 N–H and O–H groups in total. The van der Waals surface area contributed by atoms with Crippen LogP contribution in [0.5, 0.6) is 0 Å². The Hall–Kier alpha value is -2.48. The quantitative estimate of drug-likeness (QED) is 0.342. The van der Waals surface area contributed by atoms with Gasteiger partial charge in [0.2, 0.25) is 11.8 Å². The standard InChI is InChI=1S/C24H37N3O4S/c1-7-9-10-14-25-21(28)20(18-13-11-12-17(8-2)15-18)27(6)22(29)19(16-32)26-23(30)31-24(3,4)5/h8,11-13,15,19-20,32H,2,7,9-10,14,16H2,1,3-6H3,(H,25,28)(H,26,30). The maximum atomic E-state index is 13.2. The van der Waals surface area contributed by atoms with Gasteiger partial charge in [-0.25, -0.2) is 4.79 Å². The fraction of sp³-hybridized carbons (Fsp3) is 0.542. The number of carbonyl (C=O) groups excluding carboxylic acids is 3. The molecule has 7 nitrogen and oxygen atoms in total. The van der Waals surface area contributed by atoms with Gasteiger partial charge in [-0.3, -0.25) is 9.59 Å². The fourth-order valence-electron chi connectivity index (χ4n) is 3.10. The van der Waals surface area contributed by atoms with Crippen molar-refractivity contribution in [1.29, 1.82) is 0 Å². The van der Waals surface area contributed by atoms with Gasteiger partial charge in [-0.2, -0.15) is 12.6 Å².